The van der Waals surface area contributed by atoms with E-state index in [1.807, 2.05) is 30.9 Å². The van der Waals surface area contributed by atoms with E-state index in [0.29, 0.717) is 6.54 Å². The molecule has 5 heteroatoms. The second-order valence-electron chi connectivity index (χ2n) is 6.14. The molecule has 0 atom stereocenters. The summed E-state index contributed by atoms with van der Waals surface area (Å²) >= 11 is 0. The molecule has 0 saturated heterocycles. The molecular formula is C18H27N3O2. The Kier molecular flexibility index (Phi) is 6.56. The van der Waals surface area contributed by atoms with Gasteiger partial charge in [0, 0.05) is 43.9 Å². The molecular weight excluding hydrogens is 290 g/mol. The molecule has 1 aromatic heterocycles. The highest BCUT2D eigenvalue weighted by molar-refractivity contribution is 5.81. The largest absolute Gasteiger partial charge is 0.352 e. The summed E-state index contributed by atoms with van der Waals surface area (Å²) in [5.74, 6) is 0.483. The van der Waals surface area contributed by atoms with Crippen molar-refractivity contribution in [1.29, 1.82) is 0 Å². The average molecular weight is 317 g/mol. The van der Waals surface area contributed by atoms with Gasteiger partial charge in [0.15, 0.2) is 0 Å². The Hall–Kier alpha value is -1.91. The van der Waals surface area contributed by atoms with E-state index < -0.39 is 0 Å². The van der Waals surface area contributed by atoms with Gasteiger partial charge in [0.05, 0.1) is 0 Å². The molecule has 1 saturated carbocycles. The normalized spacial score (nSPS) is 20.8. The molecule has 1 aliphatic rings. The Bertz CT molecular complexity index is 506. The van der Waals surface area contributed by atoms with E-state index in [0.717, 1.165) is 44.3 Å². The topological polar surface area (TPSA) is 62.3 Å². The Labute approximate surface area is 138 Å². The van der Waals surface area contributed by atoms with Crippen LogP contribution in [0.25, 0.3) is 0 Å². The number of hydrogen-bond acceptors (Lipinski definition) is 3. The molecule has 23 heavy (non-hydrogen) atoms. The second-order valence-corrected chi connectivity index (χ2v) is 6.14. The highest BCUT2D eigenvalue weighted by Gasteiger charge is 2.31. The number of pyridine rings is 1. The van der Waals surface area contributed by atoms with Gasteiger partial charge >= 0.3 is 0 Å². The van der Waals surface area contributed by atoms with Gasteiger partial charge in [-0.3, -0.25) is 14.6 Å². The van der Waals surface area contributed by atoms with Crippen LogP contribution in [0.15, 0.2) is 24.5 Å². The molecule has 2 amide bonds. The molecule has 0 unspecified atom stereocenters. The first-order valence-corrected chi connectivity index (χ1v) is 8.61. The first-order valence-electron chi connectivity index (χ1n) is 8.61. The summed E-state index contributed by atoms with van der Waals surface area (Å²) in [4.78, 5) is 30.6. The lowest BCUT2D eigenvalue weighted by atomic mass is 9.81. The number of nitrogens with zero attached hydrogens (tertiary/aromatic N) is 2. The summed E-state index contributed by atoms with van der Waals surface area (Å²) in [5.41, 5.74) is 1.01. The van der Waals surface area contributed by atoms with Gasteiger partial charge in [0.2, 0.25) is 11.8 Å². The molecule has 1 heterocycles. The summed E-state index contributed by atoms with van der Waals surface area (Å²) in [6.45, 7) is 6.07. The molecule has 1 fully saturated rings. The van der Waals surface area contributed by atoms with Crippen LogP contribution in [0.2, 0.25) is 0 Å². The standard InChI is InChI=1S/C18H27N3O2/c1-3-21(4-2)18(23)16-9-7-15(8-10-16)17(22)20-13-14-6-5-11-19-12-14/h5-6,11-12,15-16H,3-4,7-10,13H2,1-2H3,(H,20,22). The van der Waals surface area contributed by atoms with E-state index in [1.165, 1.54) is 0 Å². The Balaban J connectivity index is 1.77. The van der Waals surface area contributed by atoms with Crippen LogP contribution >= 0.6 is 0 Å². The van der Waals surface area contributed by atoms with Gasteiger partial charge in [-0.1, -0.05) is 6.07 Å². The predicted molar refractivity (Wildman–Crippen MR) is 89.5 cm³/mol. The molecule has 1 aromatic rings. The fraction of sp³-hybridized carbons (Fsp3) is 0.611. The van der Waals surface area contributed by atoms with Crippen LogP contribution in [-0.2, 0) is 16.1 Å². The number of amides is 2. The van der Waals surface area contributed by atoms with Gasteiger partial charge in [0.25, 0.3) is 0 Å². The van der Waals surface area contributed by atoms with Crippen LogP contribution in [0.3, 0.4) is 0 Å². The summed E-state index contributed by atoms with van der Waals surface area (Å²) in [7, 11) is 0. The summed E-state index contributed by atoms with van der Waals surface area (Å²) in [5, 5.41) is 2.98. The number of rotatable bonds is 6. The molecule has 1 N–H and O–H groups in total. The van der Waals surface area contributed by atoms with E-state index in [-0.39, 0.29) is 23.7 Å². The average Bonchev–Trinajstić information content (AvgIpc) is 2.61. The first-order chi connectivity index (χ1) is 11.2. The van der Waals surface area contributed by atoms with Gasteiger partial charge in [-0.25, -0.2) is 0 Å². The molecule has 126 valence electrons. The van der Waals surface area contributed by atoms with Gasteiger partial charge in [-0.2, -0.15) is 0 Å². The minimum atomic E-state index is 0.0347. The van der Waals surface area contributed by atoms with Crippen LogP contribution < -0.4 is 5.32 Å². The van der Waals surface area contributed by atoms with Crippen molar-refractivity contribution in [2.24, 2.45) is 11.8 Å². The Morgan fingerprint density at radius 2 is 1.83 bits per heavy atom. The minimum absolute atomic E-state index is 0.0347. The number of nitrogens with one attached hydrogen (secondary N) is 1. The minimum Gasteiger partial charge on any atom is -0.352 e. The highest BCUT2D eigenvalue weighted by Crippen LogP contribution is 2.30. The van der Waals surface area contributed by atoms with Crippen molar-refractivity contribution in [3.8, 4) is 0 Å². The van der Waals surface area contributed by atoms with Gasteiger partial charge in [0.1, 0.15) is 0 Å². The lowest BCUT2D eigenvalue weighted by molar-refractivity contribution is -0.138. The highest BCUT2D eigenvalue weighted by atomic mass is 16.2. The number of carbonyl (C=O) groups excluding carboxylic acids is 2. The number of carbonyl (C=O) groups is 2. The van der Waals surface area contributed by atoms with Crippen LogP contribution in [-0.4, -0.2) is 34.8 Å². The van der Waals surface area contributed by atoms with Crippen molar-refractivity contribution in [2.45, 2.75) is 46.1 Å². The van der Waals surface area contributed by atoms with Gasteiger partial charge in [-0.05, 0) is 51.2 Å². The molecule has 2 rings (SSSR count). The third-order valence-electron chi connectivity index (χ3n) is 4.71. The molecule has 0 spiro atoms. The van der Waals surface area contributed by atoms with Crippen molar-refractivity contribution in [2.75, 3.05) is 13.1 Å². The third kappa shape index (κ3) is 4.78. The zero-order valence-electron chi connectivity index (χ0n) is 14.1. The van der Waals surface area contributed by atoms with Crippen molar-refractivity contribution < 1.29 is 9.59 Å². The quantitative estimate of drug-likeness (QED) is 0.876. The van der Waals surface area contributed by atoms with Gasteiger partial charge < -0.3 is 10.2 Å². The van der Waals surface area contributed by atoms with E-state index in [4.69, 9.17) is 0 Å². The number of hydrogen-bond donors (Lipinski definition) is 1. The summed E-state index contributed by atoms with van der Waals surface area (Å²) in [6.07, 6.45) is 6.73. The summed E-state index contributed by atoms with van der Waals surface area (Å²) in [6, 6.07) is 3.82. The lowest BCUT2D eigenvalue weighted by Crippen LogP contribution is -2.39. The molecule has 0 aromatic carbocycles. The Morgan fingerprint density at radius 3 is 2.39 bits per heavy atom. The summed E-state index contributed by atoms with van der Waals surface area (Å²) < 4.78 is 0. The van der Waals surface area contributed by atoms with Crippen molar-refractivity contribution in [1.82, 2.24) is 15.2 Å². The van der Waals surface area contributed by atoms with Crippen LogP contribution in [0, 0.1) is 11.8 Å². The maximum atomic E-state index is 12.4. The molecule has 0 bridgehead atoms. The van der Waals surface area contributed by atoms with Crippen molar-refractivity contribution in [3.05, 3.63) is 30.1 Å². The molecule has 0 aliphatic heterocycles. The second kappa shape index (κ2) is 8.65. The zero-order valence-corrected chi connectivity index (χ0v) is 14.1. The van der Waals surface area contributed by atoms with E-state index in [9.17, 15) is 9.59 Å². The maximum absolute atomic E-state index is 12.4. The zero-order chi connectivity index (χ0) is 16.7. The van der Waals surface area contributed by atoms with E-state index in [1.54, 1.807) is 12.4 Å². The molecule has 1 aliphatic carbocycles. The molecule has 5 nitrogen and oxygen atoms in total. The van der Waals surface area contributed by atoms with Crippen LogP contribution in [0.1, 0.15) is 45.1 Å². The lowest BCUT2D eigenvalue weighted by Gasteiger charge is -2.30. The SMILES string of the molecule is CCN(CC)C(=O)C1CCC(C(=O)NCc2cccnc2)CC1. The fourth-order valence-corrected chi connectivity index (χ4v) is 3.23. The number of aromatic nitrogens is 1. The van der Waals surface area contributed by atoms with Gasteiger partial charge in [-0.15, -0.1) is 0 Å². The van der Waals surface area contributed by atoms with Crippen molar-refractivity contribution in [3.63, 3.8) is 0 Å². The Morgan fingerprint density at radius 1 is 1.17 bits per heavy atom. The van der Waals surface area contributed by atoms with Crippen LogP contribution in [0.4, 0.5) is 0 Å². The predicted octanol–water partition coefficient (Wildman–Crippen LogP) is 2.37. The fourth-order valence-electron chi connectivity index (χ4n) is 3.23. The molecule has 0 radical (unpaired) electrons. The van der Waals surface area contributed by atoms with E-state index in [2.05, 4.69) is 10.3 Å². The maximum Gasteiger partial charge on any atom is 0.225 e. The third-order valence-corrected chi connectivity index (χ3v) is 4.71. The van der Waals surface area contributed by atoms with Crippen molar-refractivity contribution >= 4 is 11.8 Å². The smallest absolute Gasteiger partial charge is 0.225 e. The van der Waals surface area contributed by atoms with E-state index >= 15 is 0 Å². The van der Waals surface area contributed by atoms with Crippen LogP contribution in [0.5, 0.6) is 0 Å². The first kappa shape index (κ1) is 17.4. The monoisotopic (exact) mass is 317 g/mol.